The van der Waals surface area contributed by atoms with Crippen molar-refractivity contribution in [3.8, 4) is 11.5 Å². The number of ether oxygens (including phenoxy) is 1. The number of nitrogen functional groups attached to an aromatic ring is 1. The smallest absolute Gasteiger partial charge is 0.132 e. The van der Waals surface area contributed by atoms with E-state index in [0.29, 0.717) is 23.5 Å². The number of amidine groups is 2. The highest BCUT2D eigenvalue weighted by Crippen LogP contribution is 2.38. The summed E-state index contributed by atoms with van der Waals surface area (Å²) < 4.78 is 5.91. The molecule has 0 radical (unpaired) electrons. The second-order valence-electron chi connectivity index (χ2n) is 7.32. The van der Waals surface area contributed by atoms with E-state index in [1.807, 2.05) is 78.9 Å². The molecule has 4 rings (SSSR count). The molecule has 3 aromatic rings. The van der Waals surface area contributed by atoms with Gasteiger partial charge < -0.3 is 21.5 Å². The predicted molar refractivity (Wildman–Crippen MR) is 126 cm³/mol. The summed E-state index contributed by atoms with van der Waals surface area (Å²) >= 11 is 0. The van der Waals surface area contributed by atoms with Crippen molar-refractivity contribution >= 4 is 22.9 Å². The molecule has 1 aliphatic rings. The second kappa shape index (κ2) is 8.75. The number of aliphatic imine (C=N–C) groups is 1. The molecule has 156 valence electrons. The van der Waals surface area contributed by atoms with Gasteiger partial charge >= 0.3 is 0 Å². The van der Waals surface area contributed by atoms with Crippen LogP contribution >= 0.6 is 0 Å². The van der Waals surface area contributed by atoms with Gasteiger partial charge in [0.2, 0.25) is 0 Å². The third kappa shape index (κ3) is 4.43. The molecule has 0 fully saturated rings. The van der Waals surface area contributed by atoms with E-state index in [-0.39, 0.29) is 11.9 Å². The lowest BCUT2D eigenvalue weighted by Crippen LogP contribution is -2.33. The van der Waals surface area contributed by atoms with E-state index in [2.05, 4.69) is 5.32 Å². The van der Waals surface area contributed by atoms with Crippen LogP contribution in [0.3, 0.4) is 0 Å². The normalized spacial score (nSPS) is 15.9. The second-order valence-corrected chi connectivity index (χ2v) is 7.32. The van der Waals surface area contributed by atoms with E-state index in [9.17, 15) is 0 Å². The molecule has 0 amide bonds. The average Bonchev–Trinajstić information content (AvgIpc) is 2.79. The number of benzene rings is 3. The van der Waals surface area contributed by atoms with Crippen molar-refractivity contribution < 1.29 is 4.74 Å². The molecule has 6 N–H and O–H groups in total. The Hall–Kier alpha value is -4.06. The number of nitrogens with zero attached hydrogens (tertiary/aromatic N) is 1. The van der Waals surface area contributed by atoms with Crippen molar-refractivity contribution in [1.82, 2.24) is 5.32 Å². The quantitative estimate of drug-likeness (QED) is 0.281. The monoisotopic (exact) mass is 411 g/mol. The minimum atomic E-state index is -0.121. The summed E-state index contributed by atoms with van der Waals surface area (Å²) in [5.74, 6) is 2.11. The number of hydrogen-bond donors (Lipinski definition) is 4. The van der Waals surface area contributed by atoms with Crippen LogP contribution in [0.15, 0.2) is 89.4 Å². The maximum absolute atomic E-state index is 8.15. The summed E-state index contributed by atoms with van der Waals surface area (Å²) in [5.41, 5.74) is 16.2. The third-order valence-corrected chi connectivity index (χ3v) is 5.20. The number of rotatable bonds is 5. The van der Waals surface area contributed by atoms with Crippen molar-refractivity contribution in [2.24, 2.45) is 10.7 Å². The average molecular weight is 412 g/mol. The Morgan fingerprint density at radius 2 is 1.71 bits per heavy atom. The Morgan fingerprint density at radius 1 is 1.00 bits per heavy atom. The van der Waals surface area contributed by atoms with Gasteiger partial charge in [-0.25, -0.2) is 0 Å². The van der Waals surface area contributed by atoms with Gasteiger partial charge in [-0.1, -0.05) is 42.5 Å². The first kappa shape index (κ1) is 20.2. The Balaban J connectivity index is 1.69. The van der Waals surface area contributed by atoms with Crippen LogP contribution < -0.4 is 21.5 Å². The maximum atomic E-state index is 8.15. The van der Waals surface area contributed by atoms with Crippen LogP contribution in [0.4, 0.5) is 5.69 Å². The highest BCUT2D eigenvalue weighted by atomic mass is 16.5. The van der Waals surface area contributed by atoms with Crippen molar-refractivity contribution in [3.63, 3.8) is 0 Å². The lowest BCUT2D eigenvalue weighted by molar-refractivity contribution is 0.482. The molecule has 6 heteroatoms. The molecule has 1 atom stereocenters. The zero-order valence-corrected chi connectivity index (χ0v) is 17.3. The van der Waals surface area contributed by atoms with Gasteiger partial charge in [-0.15, -0.1) is 0 Å². The Morgan fingerprint density at radius 3 is 2.35 bits per heavy atom. The first-order chi connectivity index (χ1) is 15.0. The fraction of sp³-hybridized carbons (Fsp3) is 0.120. The Labute approximate surface area is 181 Å². The van der Waals surface area contributed by atoms with Gasteiger partial charge in [0.25, 0.3) is 0 Å². The third-order valence-electron chi connectivity index (χ3n) is 5.20. The molecule has 3 aromatic carbocycles. The number of dihydropyridines is 1. The van der Waals surface area contributed by atoms with E-state index in [0.717, 1.165) is 28.2 Å². The van der Waals surface area contributed by atoms with Gasteiger partial charge in [0.15, 0.2) is 0 Å². The summed E-state index contributed by atoms with van der Waals surface area (Å²) in [7, 11) is 1.79. The standard InChI is InChI=1S/C25H25N5O/c1-29-25-23(24(27)28)21(15-22(30-25)17-6-5-7-18(26)14-17)16-10-12-20(13-11-16)31-19-8-3-2-4-9-19/h2-14,22H,15,26H2,1H3,(H3,27,28)(H,29,30). The Bertz CT molecular complexity index is 1150. The largest absolute Gasteiger partial charge is 0.457 e. The van der Waals surface area contributed by atoms with Crippen LogP contribution in [0.1, 0.15) is 23.6 Å². The molecule has 1 aliphatic heterocycles. The molecule has 31 heavy (non-hydrogen) atoms. The van der Waals surface area contributed by atoms with Crippen LogP contribution in [0.5, 0.6) is 11.5 Å². The van der Waals surface area contributed by atoms with Crippen molar-refractivity contribution in [1.29, 1.82) is 5.41 Å². The molecule has 0 aromatic heterocycles. The van der Waals surface area contributed by atoms with E-state index >= 15 is 0 Å². The maximum Gasteiger partial charge on any atom is 0.132 e. The number of hydrogen-bond acceptors (Lipinski definition) is 5. The first-order valence-electron chi connectivity index (χ1n) is 10.1. The van der Waals surface area contributed by atoms with Gasteiger partial charge in [-0.05, 0) is 53.1 Å². The molecular formula is C25H25N5O. The van der Waals surface area contributed by atoms with Crippen molar-refractivity contribution in [2.75, 3.05) is 12.8 Å². The SMILES string of the molecule is CNC1=NC(c2cccc(N)c2)CC(c2ccc(Oc3ccccc3)cc2)=C1C(=N)N. The number of para-hydroxylation sites is 1. The molecule has 0 saturated carbocycles. The molecule has 1 unspecified atom stereocenters. The number of likely N-dealkylation sites (N-methyl/N-ethyl adjacent to an activating group) is 1. The Kier molecular flexibility index (Phi) is 5.71. The molecule has 0 aliphatic carbocycles. The summed E-state index contributed by atoms with van der Waals surface area (Å²) in [6.45, 7) is 0. The van der Waals surface area contributed by atoms with Crippen LogP contribution in [-0.4, -0.2) is 18.7 Å². The first-order valence-corrected chi connectivity index (χ1v) is 10.1. The fourth-order valence-electron chi connectivity index (χ4n) is 3.75. The topological polar surface area (TPSA) is 110 Å². The molecule has 6 nitrogen and oxygen atoms in total. The highest BCUT2D eigenvalue weighted by molar-refractivity contribution is 6.26. The number of nitrogens with one attached hydrogen (secondary N) is 2. The molecule has 0 bridgehead atoms. The number of nitrogens with two attached hydrogens (primary N) is 2. The minimum Gasteiger partial charge on any atom is -0.457 e. The zero-order chi connectivity index (χ0) is 21.8. The molecule has 0 spiro atoms. The molecule has 0 saturated heterocycles. The molecule has 1 heterocycles. The van der Waals surface area contributed by atoms with Crippen LogP contribution in [0.2, 0.25) is 0 Å². The predicted octanol–water partition coefficient (Wildman–Crippen LogP) is 4.51. The lowest BCUT2D eigenvalue weighted by Gasteiger charge is -2.26. The van der Waals surface area contributed by atoms with Crippen LogP contribution in [0.25, 0.3) is 5.57 Å². The van der Waals surface area contributed by atoms with Gasteiger partial charge in [0.1, 0.15) is 23.2 Å². The summed E-state index contributed by atoms with van der Waals surface area (Å²) in [5, 5.41) is 11.3. The zero-order valence-electron chi connectivity index (χ0n) is 17.3. The minimum absolute atomic E-state index is 0.0151. The fourth-order valence-corrected chi connectivity index (χ4v) is 3.75. The van der Waals surface area contributed by atoms with E-state index in [1.165, 1.54) is 0 Å². The van der Waals surface area contributed by atoms with E-state index in [4.69, 9.17) is 26.6 Å². The van der Waals surface area contributed by atoms with E-state index in [1.54, 1.807) is 7.05 Å². The summed E-state index contributed by atoms with van der Waals surface area (Å²) in [6.07, 6.45) is 0.614. The van der Waals surface area contributed by atoms with Gasteiger partial charge in [0, 0.05) is 19.2 Å². The van der Waals surface area contributed by atoms with Crippen molar-refractivity contribution in [2.45, 2.75) is 12.5 Å². The van der Waals surface area contributed by atoms with Gasteiger partial charge in [0.05, 0.1) is 11.6 Å². The van der Waals surface area contributed by atoms with E-state index < -0.39 is 0 Å². The van der Waals surface area contributed by atoms with Crippen molar-refractivity contribution in [3.05, 3.63) is 95.6 Å². The summed E-state index contributed by atoms with van der Waals surface area (Å²) in [6, 6.07) is 25.1. The van der Waals surface area contributed by atoms with Gasteiger partial charge in [-0.3, -0.25) is 10.4 Å². The molecular weight excluding hydrogens is 386 g/mol. The lowest BCUT2D eigenvalue weighted by atomic mass is 9.87. The van der Waals surface area contributed by atoms with Gasteiger partial charge in [-0.2, -0.15) is 0 Å². The highest BCUT2D eigenvalue weighted by Gasteiger charge is 2.27. The van der Waals surface area contributed by atoms with Crippen LogP contribution in [0, 0.1) is 5.41 Å². The van der Waals surface area contributed by atoms with Crippen LogP contribution in [-0.2, 0) is 0 Å². The summed E-state index contributed by atoms with van der Waals surface area (Å²) in [4.78, 5) is 4.81. The number of anilines is 1.